The van der Waals surface area contributed by atoms with Crippen LogP contribution in [-0.2, 0) is 16.0 Å². The van der Waals surface area contributed by atoms with Gasteiger partial charge in [-0.25, -0.2) is 0 Å². The van der Waals surface area contributed by atoms with E-state index in [-0.39, 0.29) is 0 Å². The molecule has 2 aromatic rings. The molecule has 0 atom stereocenters. The van der Waals surface area contributed by atoms with Gasteiger partial charge in [0.1, 0.15) is 5.75 Å². The maximum atomic E-state index is 12.4. The quantitative estimate of drug-likeness (QED) is 0.803. The number of hydrogen-bond donors (Lipinski definition) is 1. The highest BCUT2D eigenvalue weighted by atomic mass is 35.5. The number of halogens is 1. The molecule has 6 nitrogen and oxygen atoms in total. The number of methoxy groups -OCH3 is 1. The molecule has 0 unspecified atom stereocenters. The number of amides is 2. The zero-order chi connectivity index (χ0) is 18.2. The van der Waals surface area contributed by atoms with Crippen LogP contribution >= 0.6 is 11.6 Å². The van der Waals surface area contributed by atoms with E-state index in [1.807, 2.05) is 19.1 Å². The Hall–Kier alpha value is -2.60. The van der Waals surface area contributed by atoms with E-state index in [9.17, 15) is 9.59 Å². The van der Waals surface area contributed by atoms with Crippen molar-refractivity contribution >= 4 is 29.1 Å². The second-order valence-electron chi connectivity index (χ2n) is 5.29. The van der Waals surface area contributed by atoms with E-state index in [1.54, 1.807) is 30.6 Å². The Morgan fingerprint density at radius 1 is 1.24 bits per heavy atom. The molecule has 2 amide bonds. The van der Waals surface area contributed by atoms with Gasteiger partial charge >= 0.3 is 11.8 Å². The van der Waals surface area contributed by atoms with Crippen molar-refractivity contribution in [1.29, 1.82) is 0 Å². The van der Waals surface area contributed by atoms with E-state index in [0.717, 1.165) is 5.56 Å². The Labute approximate surface area is 151 Å². The molecule has 1 aromatic heterocycles. The van der Waals surface area contributed by atoms with Crippen LogP contribution in [0, 0.1) is 0 Å². The highest BCUT2D eigenvalue weighted by molar-refractivity contribution is 6.40. The van der Waals surface area contributed by atoms with Gasteiger partial charge in [0.25, 0.3) is 0 Å². The number of likely N-dealkylation sites (N-methyl/N-ethyl adjacent to an activating group) is 1. The van der Waals surface area contributed by atoms with Crippen molar-refractivity contribution in [2.24, 2.45) is 0 Å². The Morgan fingerprint density at radius 2 is 1.96 bits per heavy atom. The number of aromatic nitrogens is 1. The van der Waals surface area contributed by atoms with Crippen LogP contribution < -0.4 is 10.1 Å². The number of carbonyl (C=O) groups excluding carboxylic acids is 2. The topological polar surface area (TPSA) is 71.5 Å². The minimum absolute atomic E-state index is 0.360. The number of anilines is 1. The number of hydrogen-bond acceptors (Lipinski definition) is 4. The summed E-state index contributed by atoms with van der Waals surface area (Å²) in [6.07, 6.45) is 4.05. The number of carbonyl (C=O) groups is 2. The van der Waals surface area contributed by atoms with Crippen LogP contribution in [0.5, 0.6) is 5.75 Å². The van der Waals surface area contributed by atoms with Gasteiger partial charge in [0, 0.05) is 30.5 Å². The monoisotopic (exact) mass is 361 g/mol. The molecule has 0 saturated carbocycles. The van der Waals surface area contributed by atoms with E-state index >= 15 is 0 Å². The molecule has 0 aliphatic carbocycles. The summed E-state index contributed by atoms with van der Waals surface area (Å²) in [5, 5.41) is 3.00. The number of ether oxygens (including phenoxy) is 1. The average Bonchev–Trinajstić information content (AvgIpc) is 2.63. The molecular formula is C18H20ClN3O3. The molecule has 0 radical (unpaired) electrons. The van der Waals surface area contributed by atoms with Crippen LogP contribution in [0.1, 0.15) is 12.5 Å². The van der Waals surface area contributed by atoms with E-state index in [0.29, 0.717) is 36.0 Å². The molecular weight excluding hydrogens is 342 g/mol. The van der Waals surface area contributed by atoms with Crippen molar-refractivity contribution in [2.45, 2.75) is 13.3 Å². The average molecular weight is 362 g/mol. The third-order valence-corrected chi connectivity index (χ3v) is 3.93. The Kier molecular flexibility index (Phi) is 6.77. The first-order chi connectivity index (χ1) is 12.0. The Morgan fingerprint density at radius 3 is 2.60 bits per heavy atom. The van der Waals surface area contributed by atoms with Gasteiger partial charge < -0.3 is 15.0 Å². The molecule has 2 rings (SSSR count). The van der Waals surface area contributed by atoms with E-state index < -0.39 is 11.8 Å². The number of pyridine rings is 1. The molecule has 132 valence electrons. The fourth-order valence-corrected chi connectivity index (χ4v) is 2.49. The first-order valence-corrected chi connectivity index (χ1v) is 8.25. The van der Waals surface area contributed by atoms with E-state index in [1.165, 1.54) is 12.0 Å². The van der Waals surface area contributed by atoms with Crippen molar-refractivity contribution in [3.8, 4) is 5.75 Å². The summed E-state index contributed by atoms with van der Waals surface area (Å²) >= 11 is 5.94. The van der Waals surface area contributed by atoms with Crippen molar-refractivity contribution in [1.82, 2.24) is 9.88 Å². The van der Waals surface area contributed by atoms with E-state index in [4.69, 9.17) is 16.3 Å². The first-order valence-electron chi connectivity index (χ1n) is 7.87. The van der Waals surface area contributed by atoms with Gasteiger partial charge in [-0.15, -0.1) is 0 Å². The second-order valence-corrected chi connectivity index (χ2v) is 5.73. The SMILES string of the molecule is CCN(CCc1ccncc1)C(=O)C(=O)Nc1cc(Cl)ccc1OC. The summed E-state index contributed by atoms with van der Waals surface area (Å²) in [6.45, 7) is 2.71. The largest absolute Gasteiger partial charge is 0.495 e. The lowest BCUT2D eigenvalue weighted by Gasteiger charge is -2.20. The third-order valence-electron chi connectivity index (χ3n) is 3.69. The summed E-state index contributed by atoms with van der Waals surface area (Å²) in [7, 11) is 1.48. The molecule has 0 fully saturated rings. The number of benzene rings is 1. The van der Waals surface area contributed by atoms with Crippen LogP contribution in [0.3, 0.4) is 0 Å². The Balaban J connectivity index is 2.02. The lowest BCUT2D eigenvalue weighted by atomic mass is 10.2. The number of nitrogens with one attached hydrogen (secondary N) is 1. The number of rotatable bonds is 6. The lowest BCUT2D eigenvalue weighted by molar-refractivity contribution is -0.143. The van der Waals surface area contributed by atoms with Crippen molar-refractivity contribution in [3.05, 3.63) is 53.3 Å². The van der Waals surface area contributed by atoms with Gasteiger partial charge in [-0.05, 0) is 49.2 Å². The summed E-state index contributed by atoms with van der Waals surface area (Å²) < 4.78 is 5.17. The summed E-state index contributed by atoms with van der Waals surface area (Å²) in [5.74, 6) is -0.888. The van der Waals surface area contributed by atoms with Gasteiger partial charge in [-0.2, -0.15) is 0 Å². The minimum Gasteiger partial charge on any atom is -0.495 e. The lowest BCUT2D eigenvalue weighted by Crippen LogP contribution is -2.40. The Bertz CT molecular complexity index is 738. The summed E-state index contributed by atoms with van der Waals surface area (Å²) in [4.78, 5) is 30.2. The number of nitrogens with zero attached hydrogens (tertiary/aromatic N) is 2. The van der Waals surface area contributed by atoms with Gasteiger partial charge in [0.15, 0.2) is 0 Å². The second kappa shape index (κ2) is 9.03. The zero-order valence-corrected chi connectivity index (χ0v) is 14.9. The molecule has 1 heterocycles. The van der Waals surface area contributed by atoms with Crippen molar-refractivity contribution in [3.63, 3.8) is 0 Å². The maximum absolute atomic E-state index is 12.4. The zero-order valence-electron chi connectivity index (χ0n) is 14.2. The first kappa shape index (κ1) is 18.7. The molecule has 1 N–H and O–H groups in total. The highest BCUT2D eigenvalue weighted by Crippen LogP contribution is 2.27. The smallest absolute Gasteiger partial charge is 0.314 e. The standard InChI is InChI=1S/C18H20ClN3O3/c1-3-22(11-8-13-6-9-20-10-7-13)18(24)17(23)21-15-12-14(19)4-5-16(15)25-2/h4-7,9-10,12H,3,8,11H2,1-2H3,(H,21,23). The maximum Gasteiger partial charge on any atom is 0.314 e. The fraction of sp³-hybridized carbons (Fsp3) is 0.278. The van der Waals surface area contributed by atoms with E-state index in [2.05, 4.69) is 10.3 Å². The third kappa shape index (κ3) is 5.19. The molecule has 0 aliphatic rings. The molecule has 7 heteroatoms. The summed E-state index contributed by atoms with van der Waals surface area (Å²) in [6, 6.07) is 8.58. The minimum atomic E-state index is -0.725. The predicted molar refractivity (Wildman–Crippen MR) is 96.8 cm³/mol. The molecule has 0 saturated heterocycles. The molecule has 0 bridgehead atoms. The highest BCUT2D eigenvalue weighted by Gasteiger charge is 2.21. The normalized spacial score (nSPS) is 10.2. The van der Waals surface area contributed by atoms with Gasteiger partial charge in [0.2, 0.25) is 0 Å². The fourth-order valence-electron chi connectivity index (χ4n) is 2.31. The van der Waals surface area contributed by atoms with Gasteiger partial charge in [-0.1, -0.05) is 11.6 Å². The molecule has 1 aromatic carbocycles. The van der Waals surface area contributed by atoms with Crippen LogP contribution in [0.15, 0.2) is 42.7 Å². The van der Waals surface area contributed by atoms with Gasteiger partial charge in [-0.3, -0.25) is 14.6 Å². The van der Waals surface area contributed by atoms with Crippen LogP contribution in [0.2, 0.25) is 5.02 Å². The van der Waals surface area contributed by atoms with Crippen LogP contribution in [0.4, 0.5) is 5.69 Å². The van der Waals surface area contributed by atoms with Crippen LogP contribution in [0.25, 0.3) is 0 Å². The van der Waals surface area contributed by atoms with Gasteiger partial charge in [0.05, 0.1) is 12.8 Å². The van der Waals surface area contributed by atoms with Crippen LogP contribution in [-0.4, -0.2) is 41.9 Å². The van der Waals surface area contributed by atoms with Crippen molar-refractivity contribution in [2.75, 3.05) is 25.5 Å². The molecule has 25 heavy (non-hydrogen) atoms. The summed E-state index contributed by atoms with van der Waals surface area (Å²) in [5.41, 5.74) is 1.41. The predicted octanol–water partition coefficient (Wildman–Crippen LogP) is 2.77. The van der Waals surface area contributed by atoms with Crippen molar-refractivity contribution < 1.29 is 14.3 Å². The molecule has 0 spiro atoms. The molecule has 0 aliphatic heterocycles.